The minimum Gasteiger partial charge on any atom is -0.478 e. The van der Waals surface area contributed by atoms with Gasteiger partial charge in [0.1, 0.15) is 0 Å². The average molecular weight is 365 g/mol. The molecule has 0 amide bonds. The number of allylic oxidation sites excluding steroid dienone is 2. The summed E-state index contributed by atoms with van der Waals surface area (Å²) in [7, 11) is -3.40. The van der Waals surface area contributed by atoms with E-state index in [0.29, 0.717) is 17.0 Å². The molecule has 25 heavy (non-hydrogen) atoms. The Morgan fingerprint density at radius 3 is 1.80 bits per heavy atom. The van der Waals surface area contributed by atoms with Gasteiger partial charge >= 0.3 is 11.9 Å². The molecule has 8 heteroatoms. The van der Waals surface area contributed by atoms with Gasteiger partial charge in [0.25, 0.3) is 0 Å². The number of aliphatic carboxylic acids is 2. The number of nitrogens with one attached hydrogen (secondary N) is 1. The Kier molecular flexibility index (Phi) is 5.03. The molecular weight excluding hydrogens is 346 g/mol. The largest absolute Gasteiger partial charge is 0.478 e. The zero-order valence-electron chi connectivity index (χ0n) is 14.0. The predicted molar refractivity (Wildman–Crippen MR) is 90.7 cm³/mol. The number of carbonyl (C=O) groups is 2. The lowest BCUT2D eigenvalue weighted by Gasteiger charge is -2.28. The normalized spacial score (nSPS) is 16.0. The van der Waals surface area contributed by atoms with Crippen molar-refractivity contribution in [1.29, 1.82) is 0 Å². The Morgan fingerprint density at radius 1 is 1.00 bits per heavy atom. The molecule has 0 fully saturated rings. The third-order valence-electron chi connectivity index (χ3n) is 4.17. The van der Waals surface area contributed by atoms with Gasteiger partial charge in [-0.3, -0.25) is 0 Å². The van der Waals surface area contributed by atoms with E-state index in [2.05, 4.69) is 5.32 Å². The predicted octanol–water partition coefficient (Wildman–Crippen LogP) is 1.88. The van der Waals surface area contributed by atoms with E-state index >= 15 is 0 Å². The molecule has 134 valence electrons. The van der Waals surface area contributed by atoms with Crippen molar-refractivity contribution in [1.82, 2.24) is 5.32 Å². The fourth-order valence-electron chi connectivity index (χ4n) is 2.93. The van der Waals surface area contributed by atoms with Crippen molar-refractivity contribution in [2.45, 2.75) is 31.6 Å². The molecule has 0 spiro atoms. The second kappa shape index (κ2) is 6.72. The molecular formula is C17H19NO6S. The van der Waals surface area contributed by atoms with Gasteiger partial charge in [0.15, 0.2) is 9.84 Å². The molecule has 3 N–H and O–H groups in total. The van der Waals surface area contributed by atoms with Crippen LogP contribution in [0.3, 0.4) is 0 Å². The van der Waals surface area contributed by atoms with Crippen molar-refractivity contribution in [2.24, 2.45) is 0 Å². The summed E-state index contributed by atoms with van der Waals surface area (Å²) >= 11 is 0. The summed E-state index contributed by atoms with van der Waals surface area (Å²) in [5.74, 6) is -3.51. The third-order valence-corrected chi connectivity index (χ3v) is 5.92. The summed E-state index contributed by atoms with van der Waals surface area (Å²) in [6.45, 7) is 4.66. The van der Waals surface area contributed by atoms with Crippen molar-refractivity contribution >= 4 is 21.8 Å². The van der Waals surface area contributed by atoms with Gasteiger partial charge < -0.3 is 15.5 Å². The molecule has 2 rings (SSSR count). The molecule has 0 bridgehead atoms. The molecule has 0 saturated carbocycles. The lowest BCUT2D eigenvalue weighted by Crippen LogP contribution is -2.31. The second-order valence-corrected chi connectivity index (χ2v) is 8.00. The third kappa shape index (κ3) is 3.43. The van der Waals surface area contributed by atoms with E-state index in [4.69, 9.17) is 0 Å². The molecule has 0 radical (unpaired) electrons. The molecule has 1 aromatic rings. The Labute approximate surface area is 145 Å². The molecule has 0 aliphatic carbocycles. The van der Waals surface area contributed by atoms with Crippen LogP contribution in [-0.4, -0.2) is 36.3 Å². The van der Waals surface area contributed by atoms with Gasteiger partial charge in [0, 0.05) is 11.4 Å². The molecule has 0 atom stereocenters. The smallest absolute Gasteiger partial charge is 0.334 e. The first-order valence-electron chi connectivity index (χ1n) is 7.58. The summed E-state index contributed by atoms with van der Waals surface area (Å²) < 4.78 is 23.8. The Balaban J connectivity index is 2.64. The first kappa shape index (κ1) is 18.7. The summed E-state index contributed by atoms with van der Waals surface area (Å²) in [5, 5.41) is 21.9. The van der Waals surface area contributed by atoms with Crippen LogP contribution < -0.4 is 5.32 Å². The van der Waals surface area contributed by atoms with Crippen LogP contribution in [0.1, 0.15) is 32.3 Å². The Bertz CT molecular complexity index is 858. The maximum Gasteiger partial charge on any atom is 0.334 e. The van der Waals surface area contributed by atoms with E-state index in [1.807, 2.05) is 0 Å². The van der Waals surface area contributed by atoms with Gasteiger partial charge in [-0.15, -0.1) is 0 Å². The van der Waals surface area contributed by atoms with Crippen LogP contribution in [0, 0.1) is 0 Å². The first-order chi connectivity index (χ1) is 11.6. The maximum absolute atomic E-state index is 11.9. The number of carboxylic acid groups (broad SMARTS) is 2. The summed E-state index contributed by atoms with van der Waals surface area (Å²) in [4.78, 5) is 23.5. The summed E-state index contributed by atoms with van der Waals surface area (Å²) in [5.41, 5.74) is 0.962. The number of rotatable bonds is 5. The molecule has 0 unspecified atom stereocenters. The number of dihydropyridines is 1. The van der Waals surface area contributed by atoms with Gasteiger partial charge in [0.05, 0.1) is 27.7 Å². The first-order valence-corrected chi connectivity index (χ1v) is 9.23. The lowest BCUT2D eigenvalue weighted by atomic mass is 9.80. The van der Waals surface area contributed by atoms with Crippen LogP contribution in [0.2, 0.25) is 0 Å². The quantitative estimate of drug-likeness (QED) is 0.728. The number of sulfone groups is 1. The zero-order chi connectivity index (χ0) is 18.9. The van der Waals surface area contributed by atoms with Crippen molar-refractivity contribution in [3.05, 3.63) is 52.4 Å². The second-order valence-electron chi connectivity index (χ2n) is 5.72. The van der Waals surface area contributed by atoms with Crippen LogP contribution in [0.15, 0.2) is 51.7 Å². The van der Waals surface area contributed by atoms with E-state index in [1.165, 1.54) is 31.2 Å². The SMILES string of the molecule is CCS(=O)(=O)c1ccc(C2C(C(=O)O)=C(C)NC(C)=C2C(=O)O)cc1. The van der Waals surface area contributed by atoms with Crippen LogP contribution in [0.25, 0.3) is 0 Å². The van der Waals surface area contributed by atoms with Crippen LogP contribution in [-0.2, 0) is 19.4 Å². The fraction of sp³-hybridized carbons (Fsp3) is 0.294. The van der Waals surface area contributed by atoms with E-state index in [0.717, 1.165) is 0 Å². The molecule has 7 nitrogen and oxygen atoms in total. The van der Waals surface area contributed by atoms with Crippen LogP contribution in [0.5, 0.6) is 0 Å². The highest BCUT2D eigenvalue weighted by molar-refractivity contribution is 7.91. The van der Waals surface area contributed by atoms with Gasteiger partial charge in [-0.1, -0.05) is 19.1 Å². The van der Waals surface area contributed by atoms with E-state index in [1.54, 1.807) is 13.8 Å². The molecule has 1 aliphatic heterocycles. The number of benzene rings is 1. The fourth-order valence-corrected chi connectivity index (χ4v) is 3.81. The molecule has 0 saturated heterocycles. The highest BCUT2D eigenvalue weighted by atomic mass is 32.2. The van der Waals surface area contributed by atoms with Gasteiger partial charge in [-0.2, -0.15) is 0 Å². The van der Waals surface area contributed by atoms with Crippen molar-refractivity contribution in [3.8, 4) is 0 Å². The molecule has 1 heterocycles. The van der Waals surface area contributed by atoms with Crippen molar-refractivity contribution in [2.75, 3.05) is 5.75 Å². The average Bonchev–Trinajstić information content (AvgIpc) is 2.53. The maximum atomic E-state index is 11.9. The summed E-state index contributed by atoms with van der Waals surface area (Å²) in [6.07, 6.45) is 0. The van der Waals surface area contributed by atoms with E-state index in [9.17, 15) is 28.2 Å². The van der Waals surface area contributed by atoms with Crippen LogP contribution >= 0.6 is 0 Å². The number of carboxylic acids is 2. The Morgan fingerprint density at radius 2 is 1.44 bits per heavy atom. The minimum atomic E-state index is -3.40. The topological polar surface area (TPSA) is 121 Å². The zero-order valence-corrected chi connectivity index (χ0v) is 14.8. The number of hydrogen-bond donors (Lipinski definition) is 3. The highest BCUT2D eigenvalue weighted by Crippen LogP contribution is 2.38. The van der Waals surface area contributed by atoms with Crippen LogP contribution in [0.4, 0.5) is 0 Å². The van der Waals surface area contributed by atoms with Gasteiger partial charge in [-0.25, -0.2) is 18.0 Å². The van der Waals surface area contributed by atoms with Crippen molar-refractivity contribution < 1.29 is 28.2 Å². The Hall–Kier alpha value is -2.61. The molecule has 1 aliphatic rings. The monoisotopic (exact) mass is 365 g/mol. The van der Waals surface area contributed by atoms with Crippen molar-refractivity contribution in [3.63, 3.8) is 0 Å². The number of hydrogen-bond acceptors (Lipinski definition) is 5. The molecule has 0 aromatic heterocycles. The molecule has 1 aromatic carbocycles. The van der Waals surface area contributed by atoms with Gasteiger partial charge in [0.2, 0.25) is 0 Å². The minimum absolute atomic E-state index is 0.0571. The van der Waals surface area contributed by atoms with E-state index in [-0.39, 0.29) is 21.8 Å². The highest BCUT2D eigenvalue weighted by Gasteiger charge is 2.36. The standard InChI is InChI=1S/C17H19NO6S/c1-4-25(23,24)12-7-5-11(6-8-12)15-13(16(19)20)9(2)18-10(3)14(15)17(21)22/h5-8,15,18H,4H2,1-3H3,(H,19,20)(H,21,22). The van der Waals surface area contributed by atoms with Gasteiger partial charge in [-0.05, 0) is 31.5 Å². The summed E-state index contributed by atoms with van der Waals surface area (Å²) in [6, 6.07) is 5.68. The lowest BCUT2D eigenvalue weighted by molar-refractivity contribution is -0.133. The van der Waals surface area contributed by atoms with E-state index < -0.39 is 27.7 Å².